The number of benzene rings is 1. The number of carbonyl (C=O) groups is 2. The summed E-state index contributed by atoms with van der Waals surface area (Å²) in [5, 5.41) is 4.88. The highest BCUT2D eigenvalue weighted by molar-refractivity contribution is 7.13. The van der Waals surface area contributed by atoms with Crippen LogP contribution in [0.1, 0.15) is 6.42 Å². The highest BCUT2D eigenvalue weighted by Gasteiger charge is 2.35. The fraction of sp³-hybridized carbons (Fsp3) is 0.214. The van der Waals surface area contributed by atoms with Crippen LogP contribution in [-0.4, -0.2) is 23.3 Å². The van der Waals surface area contributed by atoms with E-state index in [1.807, 2.05) is 0 Å². The lowest BCUT2D eigenvalue weighted by Gasteiger charge is -2.17. The molecule has 5 nitrogen and oxygen atoms in total. The van der Waals surface area contributed by atoms with Crippen molar-refractivity contribution in [3.8, 4) is 0 Å². The molecule has 22 heavy (non-hydrogen) atoms. The summed E-state index contributed by atoms with van der Waals surface area (Å²) < 4.78 is 13.2. The van der Waals surface area contributed by atoms with Crippen LogP contribution in [-0.2, 0) is 9.59 Å². The van der Waals surface area contributed by atoms with Crippen LogP contribution in [0, 0.1) is 11.7 Å². The van der Waals surface area contributed by atoms with Crippen molar-refractivity contribution in [1.82, 2.24) is 4.98 Å². The zero-order chi connectivity index (χ0) is 15.7. The number of hydrogen-bond donors (Lipinski definition) is 1. The van der Waals surface area contributed by atoms with Gasteiger partial charge in [-0.15, -0.1) is 11.3 Å². The first kappa shape index (κ1) is 14.9. The van der Waals surface area contributed by atoms with Crippen LogP contribution < -0.4 is 10.2 Å². The first-order valence-corrected chi connectivity index (χ1v) is 7.76. The van der Waals surface area contributed by atoms with Crippen molar-refractivity contribution in [2.75, 3.05) is 16.8 Å². The first-order valence-electron chi connectivity index (χ1n) is 6.50. The van der Waals surface area contributed by atoms with E-state index in [9.17, 15) is 14.0 Å². The molecule has 0 aliphatic carbocycles. The van der Waals surface area contributed by atoms with Gasteiger partial charge in [-0.1, -0.05) is 11.6 Å². The number of carbonyl (C=O) groups excluding carboxylic acids is 2. The van der Waals surface area contributed by atoms with Crippen molar-refractivity contribution in [3.05, 3.63) is 40.6 Å². The molecule has 0 spiro atoms. The molecule has 1 unspecified atom stereocenters. The summed E-state index contributed by atoms with van der Waals surface area (Å²) in [6, 6.07) is 4.06. The predicted octanol–water partition coefficient (Wildman–Crippen LogP) is 2.93. The van der Waals surface area contributed by atoms with E-state index in [4.69, 9.17) is 11.6 Å². The third kappa shape index (κ3) is 2.95. The van der Waals surface area contributed by atoms with E-state index in [-0.39, 0.29) is 29.8 Å². The average molecular weight is 340 g/mol. The Hall–Kier alpha value is -1.99. The Kier molecular flexibility index (Phi) is 4.08. The number of nitrogens with one attached hydrogen (secondary N) is 1. The summed E-state index contributed by atoms with van der Waals surface area (Å²) in [5.41, 5.74) is 0.487. The standard InChI is InChI=1S/C14H11ClFN3O2S/c15-10-6-9(1-2-11(10)16)19-7-8(5-12(19)20)13(21)18-14-17-3-4-22-14/h1-4,6,8H,5,7H2,(H,17,18,21). The fourth-order valence-electron chi connectivity index (χ4n) is 2.28. The van der Waals surface area contributed by atoms with Gasteiger partial charge in [0.15, 0.2) is 5.13 Å². The Morgan fingerprint density at radius 2 is 2.32 bits per heavy atom. The second kappa shape index (κ2) is 6.02. The van der Waals surface area contributed by atoms with Gasteiger partial charge in [0.2, 0.25) is 11.8 Å². The number of thiazole rings is 1. The fourth-order valence-corrected chi connectivity index (χ4v) is 2.98. The van der Waals surface area contributed by atoms with Crippen LogP contribution in [0.25, 0.3) is 0 Å². The lowest BCUT2D eigenvalue weighted by atomic mass is 10.1. The molecule has 1 aromatic heterocycles. The maximum absolute atomic E-state index is 13.2. The Bertz CT molecular complexity index is 723. The van der Waals surface area contributed by atoms with Crippen LogP contribution in [0.3, 0.4) is 0 Å². The zero-order valence-electron chi connectivity index (χ0n) is 11.3. The Balaban J connectivity index is 1.72. The summed E-state index contributed by atoms with van der Waals surface area (Å²) in [6.45, 7) is 0.234. The molecule has 1 saturated heterocycles. The first-order chi connectivity index (χ1) is 10.5. The molecule has 2 amide bonds. The van der Waals surface area contributed by atoms with Gasteiger partial charge in [-0.25, -0.2) is 9.37 Å². The van der Waals surface area contributed by atoms with Gasteiger partial charge in [0.25, 0.3) is 0 Å². The molecule has 1 aliphatic heterocycles. The number of aromatic nitrogens is 1. The molecule has 2 heterocycles. The molecule has 0 bridgehead atoms. The lowest BCUT2D eigenvalue weighted by Crippen LogP contribution is -2.28. The molecule has 3 rings (SSSR count). The minimum absolute atomic E-state index is 0.0546. The van der Waals surface area contributed by atoms with Gasteiger partial charge >= 0.3 is 0 Å². The maximum Gasteiger partial charge on any atom is 0.231 e. The molecule has 114 valence electrons. The van der Waals surface area contributed by atoms with Crippen LogP contribution >= 0.6 is 22.9 Å². The molecule has 0 radical (unpaired) electrons. The molecule has 0 saturated carbocycles. The summed E-state index contributed by atoms with van der Waals surface area (Å²) in [7, 11) is 0. The number of rotatable bonds is 3. The maximum atomic E-state index is 13.2. The van der Waals surface area contributed by atoms with Crippen molar-refractivity contribution >= 4 is 45.6 Å². The number of nitrogens with zero attached hydrogens (tertiary/aromatic N) is 2. The van der Waals surface area contributed by atoms with Gasteiger partial charge in [-0.2, -0.15) is 0 Å². The summed E-state index contributed by atoms with van der Waals surface area (Å²) in [4.78, 5) is 29.6. The molecular formula is C14H11ClFN3O2S. The quantitative estimate of drug-likeness (QED) is 0.935. The highest BCUT2D eigenvalue weighted by atomic mass is 35.5. The summed E-state index contributed by atoms with van der Waals surface area (Å²) in [5.74, 6) is -1.46. The van der Waals surface area contributed by atoms with Gasteiger partial charge < -0.3 is 10.2 Å². The molecule has 1 aromatic carbocycles. The van der Waals surface area contributed by atoms with Crippen molar-refractivity contribution in [2.24, 2.45) is 5.92 Å². The van der Waals surface area contributed by atoms with Gasteiger partial charge in [-0.05, 0) is 18.2 Å². The van der Waals surface area contributed by atoms with Crippen LogP contribution in [0.2, 0.25) is 5.02 Å². The van der Waals surface area contributed by atoms with Gasteiger partial charge in [0.05, 0.1) is 10.9 Å². The number of amides is 2. The van der Waals surface area contributed by atoms with Gasteiger partial charge in [0.1, 0.15) is 5.82 Å². The molecule has 1 fully saturated rings. The van der Waals surface area contributed by atoms with Crippen LogP contribution in [0.15, 0.2) is 29.8 Å². The second-order valence-corrected chi connectivity index (χ2v) is 6.13. The lowest BCUT2D eigenvalue weighted by molar-refractivity contribution is -0.122. The minimum Gasteiger partial charge on any atom is -0.312 e. The summed E-state index contributed by atoms with van der Waals surface area (Å²) in [6.07, 6.45) is 1.69. The van der Waals surface area contributed by atoms with Crippen molar-refractivity contribution in [2.45, 2.75) is 6.42 Å². The normalized spacial score (nSPS) is 17.8. The van der Waals surface area contributed by atoms with E-state index in [1.54, 1.807) is 11.6 Å². The van der Waals surface area contributed by atoms with E-state index in [1.165, 1.54) is 34.4 Å². The number of hydrogen-bond acceptors (Lipinski definition) is 4. The second-order valence-electron chi connectivity index (χ2n) is 4.83. The highest BCUT2D eigenvalue weighted by Crippen LogP contribution is 2.29. The van der Waals surface area contributed by atoms with E-state index in [0.29, 0.717) is 10.8 Å². The van der Waals surface area contributed by atoms with E-state index in [2.05, 4.69) is 10.3 Å². The third-order valence-electron chi connectivity index (χ3n) is 3.37. The number of anilines is 2. The topological polar surface area (TPSA) is 62.3 Å². The van der Waals surface area contributed by atoms with E-state index < -0.39 is 11.7 Å². The number of halogens is 2. The Labute approximate surface area is 134 Å². The van der Waals surface area contributed by atoms with E-state index in [0.717, 1.165) is 0 Å². The van der Waals surface area contributed by atoms with E-state index >= 15 is 0 Å². The largest absolute Gasteiger partial charge is 0.312 e. The van der Waals surface area contributed by atoms with Crippen molar-refractivity contribution in [1.29, 1.82) is 0 Å². The molecule has 1 atom stereocenters. The average Bonchev–Trinajstić information content (AvgIpc) is 3.11. The monoisotopic (exact) mass is 339 g/mol. The Morgan fingerprint density at radius 3 is 3.00 bits per heavy atom. The van der Waals surface area contributed by atoms with Crippen LogP contribution in [0.5, 0.6) is 0 Å². The SMILES string of the molecule is O=C(Nc1nccs1)C1CC(=O)N(c2ccc(F)c(Cl)c2)C1. The smallest absolute Gasteiger partial charge is 0.231 e. The Morgan fingerprint density at radius 1 is 1.50 bits per heavy atom. The third-order valence-corrected chi connectivity index (χ3v) is 4.35. The van der Waals surface area contributed by atoms with Gasteiger partial charge in [0, 0.05) is 30.2 Å². The van der Waals surface area contributed by atoms with Crippen LogP contribution in [0.4, 0.5) is 15.2 Å². The molecule has 1 N–H and O–H groups in total. The minimum atomic E-state index is -0.546. The van der Waals surface area contributed by atoms with Crippen molar-refractivity contribution < 1.29 is 14.0 Å². The molecule has 2 aromatic rings. The van der Waals surface area contributed by atoms with Gasteiger partial charge in [-0.3, -0.25) is 9.59 Å². The zero-order valence-corrected chi connectivity index (χ0v) is 12.8. The summed E-state index contributed by atoms with van der Waals surface area (Å²) >= 11 is 7.05. The molecule has 8 heteroatoms. The molecular weight excluding hydrogens is 329 g/mol. The van der Waals surface area contributed by atoms with Crippen molar-refractivity contribution in [3.63, 3.8) is 0 Å². The predicted molar refractivity (Wildman–Crippen MR) is 82.6 cm³/mol. The molecule has 1 aliphatic rings.